The molecule has 0 bridgehead atoms. The summed E-state index contributed by atoms with van der Waals surface area (Å²) in [5, 5.41) is 22.6. The lowest BCUT2D eigenvalue weighted by molar-refractivity contribution is -0.369. The fraction of sp³-hybridized carbons (Fsp3) is 0.457. The van der Waals surface area contributed by atoms with Crippen molar-refractivity contribution in [2.45, 2.75) is 49.0 Å². The summed E-state index contributed by atoms with van der Waals surface area (Å²) in [6.07, 6.45) is -7.19. The number of fused-ring (bicyclic) bond motifs is 4. The maximum Gasteiger partial charge on any atom is 0.310 e. The second kappa shape index (κ2) is 12.4. The molecular formula is C35H36O13. The number of hydrogen-bond acceptors (Lipinski definition) is 13. The van der Waals surface area contributed by atoms with Gasteiger partial charge in [0, 0.05) is 17.4 Å². The Labute approximate surface area is 276 Å². The zero-order valence-electron chi connectivity index (χ0n) is 26.5. The standard InChI is InChI=1S/C35H36O13/c1-39-23-9-17(10-24(40-2)31(23)41-3)26-18-11-21-22(45-15-44-21)12-19(18)30(20-13-42-33(38)27(20)26)47-35-29(37)28(36)32-25(46-35)14-43-34(48-32)16-7-5-4-6-8-16/h4-12,20,25-30,32,34-37H,13-15H2,1-3H3/t20-,25-,26-,27-,28-,29+,30-,32-,34-,35+/m0/s1. The Bertz CT molecular complexity index is 1650. The molecule has 4 aliphatic heterocycles. The minimum Gasteiger partial charge on any atom is -0.493 e. The summed E-state index contributed by atoms with van der Waals surface area (Å²) in [4.78, 5) is 13.6. The lowest BCUT2D eigenvalue weighted by Gasteiger charge is -2.48. The largest absolute Gasteiger partial charge is 0.493 e. The van der Waals surface area contributed by atoms with Gasteiger partial charge in [-0.1, -0.05) is 30.3 Å². The number of carbonyl (C=O) groups is 1. The third-order valence-electron chi connectivity index (χ3n) is 9.85. The van der Waals surface area contributed by atoms with Crippen LogP contribution in [0.3, 0.4) is 0 Å². The lowest BCUT2D eigenvalue weighted by Crippen LogP contribution is -2.62. The molecule has 0 saturated carbocycles. The monoisotopic (exact) mass is 664 g/mol. The van der Waals surface area contributed by atoms with Crippen molar-refractivity contribution in [1.29, 1.82) is 0 Å². The van der Waals surface area contributed by atoms with E-state index in [1.165, 1.54) is 21.3 Å². The summed E-state index contributed by atoms with van der Waals surface area (Å²) < 4.78 is 58.9. The van der Waals surface area contributed by atoms with Gasteiger partial charge in [-0.2, -0.15) is 0 Å². The smallest absolute Gasteiger partial charge is 0.310 e. The van der Waals surface area contributed by atoms with E-state index in [2.05, 4.69) is 0 Å². The van der Waals surface area contributed by atoms with E-state index in [0.29, 0.717) is 34.3 Å². The summed E-state index contributed by atoms with van der Waals surface area (Å²) >= 11 is 0. The van der Waals surface area contributed by atoms with E-state index in [0.717, 1.165) is 16.7 Å². The van der Waals surface area contributed by atoms with Crippen molar-refractivity contribution in [2.24, 2.45) is 11.8 Å². The quantitative estimate of drug-likeness (QED) is 0.357. The third-order valence-corrected chi connectivity index (χ3v) is 9.85. The van der Waals surface area contributed by atoms with E-state index >= 15 is 0 Å². The van der Waals surface area contributed by atoms with E-state index in [1.54, 1.807) is 0 Å². The van der Waals surface area contributed by atoms with Crippen LogP contribution in [0, 0.1) is 11.8 Å². The molecular weight excluding hydrogens is 628 g/mol. The van der Waals surface area contributed by atoms with Gasteiger partial charge < -0.3 is 57.6 Å². The Kier molecular flexibility index (Phi) is 8.06. The number of esters is 1. The van der Waals surface area contributed by atoms with Crippen LogP contribution in [0.1, 0.15) is 40.6 Å². The second-order valence-electron chi connectivity index (χ2n) is 12.3. The molecule has 3 saturated heterocycles. The van der Waals surface area contributed by atoms with Crippen molar-refractivity contribution in [3.05, 3.63) is 76.9 Å². The van der Waals surface area contributed by atoms with Crippen LogP contribution in [0.4, 0.5) is 0 Å². The van der Waals surface area contributed by atoms with Crippen LogP contribution in [0.2, 0.25) is 0 Å². The van der Waals surface area contributed by atoms with Gasteiger partial charge in [0.25, 0.3) is 0 Å². The molecule has 0 unspecified atom stereocenters. The van der Waals surface area contributed by atoms with Gasteiger partial charge in [0.15, 0.2) is 35.6 Å². The molecule has 10 atom stereocenters. The first-order valence-electron chi connectivity index (χ1n) is 15.8. The number of benzene rings is 3. The minimum absolute atomic E-state index is 0.0389. The molecule has 48 heavy (non-hydrogen) atoms. The molecule has 3 aromatic carbocycles. The van der Waals surface area contributed by atoms with Crippen molar-refractivity contribution in [1.82, 2.24) is 0 Å². The molecule has 1 aliphatic carbocycles. The van der Waals surface area contributed by atoms with Crippen molar-refractivity contribution < 1.29 is 62.4 Å². The van der Waals surface area contributed by atoms with Crippen LogP contribution in [0.15, 0.2) is 54.6 Å². The van der Waals surface area contributed by atoms with E-state index < -0.39 is 66.8 Å². The Hall–Kier alpha value is -4.11. The van der Waals surface area contributed by atoms with Gasteiger partial charge in [-0.05, 0) is 41.0 Å². The molecule has 0 spiro atoms. The second-order valence-corrected chi connectivity index (χ2v) is 12.3. The number of rotatable bonds is 7. The molecule has 0 amide bonds. The molecule has 2 N–H and O–H groups in total. The van der Waals surface area contributed by atoms with E-state index in [1.807, 2.05) is 54.6 Å². The fourth-order valence-electron chi connectivity index (χ4n) is 7.58. The van der Waals surface area contributed by atoms with Crippen LogP contribution in [0.5, 0.6) is 28.7 Å². The van der Waals surface area contributed by atoms with Crippen LogP contribution < -0.4 is 23.7 Å². The maximum absolute atomic E-state index is 13.6. The van der Waals surface area contributed by atoms with Crippen LogP contribution in [0.25, 0.3) is 0 Å². The summed E-state index contributed by atoms with van der Waals surface area (Å²) in [6, 6.07) is 16.7. The average Bonchev–Trinajstić information content (AvgIpc) is 3.75. The Morgan fingerprint density at radius 2 is 1.48 bits per heavy atom. The predicted octanol–water partition coefficient (Wildman–Crippen LogP) is 2.99. The highest BCUT2D eigenvalue weighted by atomic mass is 16.8. The minimum atomic E-state index is -1.47. The Balaban J connectivity index is 1.15. The van der Waals surface area contributed by atoms with Gasteiger partial charge in [-0.15, -0.1) is 0 Å². The molecule has 0 radical (unpaired) electrons. The normalized spacial score (nSPS) is 33.2. The van der Waals surface area contributed by atoms with Crippen LogP contribution >= 0.6 is 0 Å². The lowest BCUT2D eigenvalue weighted by atomic mass is 9.66. The number of aliphatic hydroxyl groups excluding tert-OH is 2. The van der Waals surface area contributed by atoms with Gasteiger partial charge in [0.1, 0.15) is 24.4 Å². The summed E-state index contributed by atoms with van der Waals surface area (Å²) in [5.74, 6) is 0.203. The molecule has 254 valence electrons. The van der Waals surface area contributed by atoms with E-state index in [-0.39, 0.29) is 20.0 Å². The van der Waals surface area contributed by atoms with Crippen molar-refractivity contribution in [3.8, 4) is 28.7 Å². The number of hydrogen-bond donors (Lipinski definition) is 2. The van der Waals surface area contributed by atoms with Gasteiger partial charge in [0.05, 0.1) is 46.6 Å². The third kappa shape index (κ3) is 5.04. The molecule has 3 fully saturated rings. The number of cyclic esters (lactones) is 1. The first kappa shape index (κ1) is 31.2. The van der Waals surface area contributed by atoms with Gasteiger partial charge in [-0.3, -0.25) is 4.79 Å². The SMILES string of the molecule is COc1cc([C@H]2c3cc4c(cc3[C@H](O[C@H]3O[C@H]5CO[C@H](c6ccccc6)O[C@@H]5[C@@H](O)[C@H]3O)[C@H]3COC(=O)[C@H]23)OCO4)cc(OC)c1OC. The molecule has 13 nitrogen and oxygen atoms in total. The highest BCUT2D eigenvalue weighted by Crippen LogP contribution is 2.57. The van der Waals surface area contributed by atoms with Crippen LogP contribution in [-0.2, 0) is 28.5 Å². The summed E-state index contributed by atoms with van der Waals surface area (Å²) in [5.41, 5.74) is 2.95. The molecule has 4 heterocycles. The van der Waals surface area contributed by atoms with E-state index in [9.17, 15) is 15.0 Å². The topological polar surface area (TPSA) is 150 Å². The Morgan fingerprint density at radius 1 is 0.771 bits per heavy atom. The van der Waals surface area contributed by atoms with Gasteiger partial charge >= 0.3 is 5.97 Å². The first-order valence-corrected chi connectivity index (χ1v) is 15.8. The molecule has 5 aliphatic rings. The highest BCUT2D eigenvalue weighted by molar-refractivity contribution is 5.79. The van der Waals surface area contributed by atoms with Crippen LogP contribution in [-0.4, -0.2) is 88.2 Å². The number of ether oxygens (including phenoxy) is 10. The number of aliphatic hydroxyl groups is 2. The van der Waals surface area contributed by atoms with E-state index in [4.69, 9.17) is 47.4 Å². The summed E-state index contributed by atoms with van der Waals surface area (Å²) in [7, 11) is 4.59. The average molecular weight is 665 g/mol. The molecule has 0 aromatic heterocycles. The van der Waals surface area contributed by atoms with Crippen molar-refractivity contribution >= 4 is 5.97 Å². The molecule has 8 rings (SSSR count). The fourth-order valence-corrected chi connectivity index (χ4v) is 7.58. The molecule has 3 aromatic rings. The Morgan fingerprint density at radius 3 is 2.17 bits per heavy atom. The zero-order valence-corrected chi connectivity index (χ0v) is 26.5. The predicted molar refractivity (Wildman–Crippen MR) is 163 cm³/mol. The summed E-state index contributed by atoms with van der Waals surface area (Å²) in [6.45, 7) is 0.202. The molecule has 13 heteroatoms. The number of methoxy groups -OCH3 is 3. The first-order chi connectivity index (χ1) is 23.4. The zero-order chi connectivity index (χ0) is 33.1. The van der Waals surface area contributed by atoms with Crippen molar-refractivity contribution in [3.63, 3.8) is 0 Å². The van der Waals surface area contributed by atoms with Crippen molar-refractivity contribution in [2.75, 3.05) is 41.3 Å². The highest BCUT2D eigenvalue weighted by Gasteiger charge is 2.56. The number of carbonyl (C=O) groups excluding carboxylic acids is 1. The van der Waals surface area contributed by atoms with Gasteiger partial charge in [-0.25, -0.2) is 0 Å². The maximum atomic E-state index is 13.6. The van der Waals surface area contributed by atoms with Gasteiger partial charge in [0.2, 0.25) is 12.5 Å².